The third-order valence-corrected chi connectivity index (χ3v) is 6.25. The van der Waals surface area contributed by atoms with Gasteiger partial charge in [0.25, 0.3) is 17.2 Å². The van der Waals surface area contributed by atoms with E-state index in [9.17, 15) is 24.5 Å². The Morgan fingerprint density at radius 1 is 1.03 bits per heavy atom. The van der Waals surface area contributed by atoms with Crippen molar-refractivity contribution in [2.24, 2.45) is 0 Å². The molecule has 4 rings (SSSR count). The maximum Gasteiger partial charge on any atom is 0.280 e. The number of amides is 2. The number of aromatic nitrogens is 3. The zero-order valence-electron chi connectivity index (χ0n) is 21.3. The van der Waals surface area contributed by atoms with E-state index < -0.39 is 22.4 Å². The number of anilines is 1. The molecule has 1 aliphatic heterocycles. The van der Waals surface area contributed by atoms with Crippen LogP contribution in [0, 0.1) is 10.1 Å². The first-order valence-electron chi connectivity index (χ1n) is 12.8. The van der Waals surface area contributed by atoms with Crippen molar-refractivity contribution in [3.05, 3.63) is 62.9 Å². The monoisotopic (exact) mass is 538 g/mol. The Labute approximate surface area is 223 Å². The van der Waals surface area contributed by atoms with Crippen molar-refractivity contribution in [2.45, 2.75) is 44.6 Å². The number of non-ortho nitro benzene ring substituents is 1. The summed E-state index contributed by atoms with van der Waals surface area (Å²) in [4.78, 5) is 47.1. The van der Waals surface area contributed by atoms with Crippen molar-refractivity contribution in [3.8, 4) is 5.75 Å². The predicted molar refractivity (Wildman–Crippen MR) is 142 cm³/mol. The van der Waals surface area contributed by atoms with Gasteiger partial charge in [-0.15, -0.1) is 5.10 Å². The van der Waals surface area contributed by atoms with Gasteiger partial charge in [-0.25, -0.2) is 0 Å². The lowest BCUT2D eigenvalue weighted by Crippen LogP contribution is -2.45. The van der Waals surface area contributed by atoms with Crippen LogP contribution in [0.5, 0.6) is 5.75 Å². The van der Waals surface area contributed by atoms with Crippen LogP contribution < -0.4 is 20.9 Å². The number of nitro groups is 1. The van der Waals surface area contributed by atoms with E-state index in [0.29, 0.717) is 48.7 Å². The van der Waals surface area contributed by atoms with E-state index in [1.807, 2.05) is 0 Å². The number of benzene rings is 2. The van der Waals surface area contributed by atoms with Gasteiger partial charge in [-0.1, -0.05) is 11.3 Å². The molecule has 2 heterocycles. The molecule has 1 aliphatic rings. The summed E-state index contributed by atoms with van der Waals surface area (Å²) < 4.78 is 12.3. The first-order chi connectivity index (χ1) is 18.9. The second-order valence-electron chi connectivity index (χ2n) is 9.06. The summed E-state index contributed by atoms with van der Waals surface area (Å²) in [5.74, 6) is -0.315. The number of fused-ring (bicyclic) bond motifs is 1. The SMILES string of the molecule is O=C1CCC(n2nnc3cccc(NCCCCOCCCCOc4ccc([N+](=O)[O-])cc4)c3c2=O)C(=O)N1. The average molecular weight is 539 g/mol. The van der Waals surface area contributed by atoms with Gasteiger partial charge in [0.05, 0.1) is 16.9 Å². The third-order valence-electron chi connectivity index (χ3n) is 6.25. The van der Waals surface area contributed by atoms with Gasteiger partial charge in [0.1, 0.15) is 17.3 Å². The van der Waals surface area contributed by atoms with Crippen LogP contribution in [0.1, 0.15) is 44.6 Å². The number of carbonyl (C=O) groups excluding carboxylic acids is 2. The molecule has 0 aliphatic carbocycles. The molecule has 39 heavy (non-hydrogen) atoms. The van der Waals surface area contributed by atoms with Crippen molar-refractivity contribution >= 4 is 34.1 Å². The van der Waals surface area contributed by atoms with Crippen LogP contribution in [0.3, 0.4) is 0 Å². The summed E-state index contributed by atoms with van der Waals surface area (Å²) in [6.45, 7) is 2.34. The summed E-state index contributed by atoms with van der Waals surface area (Å²) in [5.41, 5.74) is 0.640. The van der Waals surface area contributed by atoms with Gasteiger partial charge < -0.3 is 14.8 Å². The number of carbonyl (C=O) groups is 2. The van der Waals surface area contributed by atoms with E-state index >= 15 is 0 Å². The third kappa shape index (κ3) is 7.35. The van der Waals surface area contributed by atoms with Crippen molar-refractivity contribution < 1.29 is 24.0 Å². The highest BCUT2D eigenvalue weighted by Crippen LogP contribution is 2.21. The number of imide groups is 1. The standard InChI is InChI=1S/C26H30N6O7/c33-23-13-12-22(25(34)28-23)31-26(35)24-20(6-5-7-21(24)29-30-31)27-14-1-2-15-38-16-3-4-17-39-19-10-8-18(9-11-19)32(36)37/h5-11,22,27H,1-4,12-17H2,(H,28,33,34). The zero-order valence-corrected chi connectivity index (χ0v) is 21.3. The average Bonchev–Trinajstić information content (AvgIpc) is 2.92. The largest absolute Gasteiger partial charge is 0.494 e. The Morgan fingerprint density at radius 3 is 2.51 bits per heavy atom. The number of nitrogens with one attached hydrogen (secondary N) is 2. The Kier molecular flexibility index (Phi) is 9.51. The second kappa shape index (κ2) is 13.4. The molecule has 0 bridgehead atoms. The number of rotatable bonds is 14. The molecule has 1 atom stereocenters. The van der Waals surface area contributed by atoms with Crippen LogP contribution in [0.2, 0.25) is 0 Å². The number of ether oxygens (including phenoxy) is 2. The molecular formula is C26H30N6O7. The van der Waals surface area contributed by atoms with Crippen molar-refractivity contribution in [1.29, 1.82) is 0 Å². The lowest BCUT2D eigenvalue weighted by molar-refractivity contribution is -0.384. The van der Waals surface area contributed by atoms with Crippen LogP contribution in [-0.2, 0) is 14.3 Å². The molecule has 13 nitrogen and oxygen atoms in total. The molecule has 206 valence electrons. The van der Waals surface area contributed by atoms with Gasteiger partial charge in [0, 0.05) is 44.0 Å². The fourth-order valence-corrected chi connectivity index (χ4v) is 4.18. The quantitative estimate of drug-likeness (QED) is 0.135. The lowest BCUT2D eigenvalue weighted by Gasteiger charge is -2.21. The van der Waals surface area contributed by atoms with E-state index in [1.165, 1.54) is 12.1 Å². The maximum absolute atomic E-state index is 13.2. The van der Waals surface area contributed by atoms with Crippen LogP contribution in [0.4, 0.5) is 11.4 Å². The topological polar surface area (TPSA) is 168 Å². The summed E-state index contributed by atoms with van der Waals surface area (Å²) in [6.07, 6.45) is 3.63. The number of unbranched alkanes of at least 4 members (excludes halogenated alkanes) is 2. The molecule has 1 fully saturated rings. The Bertz CT molecular complexity index is 1380. The first-order valence-corrected chi connectivity index (χ1v) is 12.8. The summed E-state index contributed by atoms with van der Waals surface area (Å²) in [5, 5.41) is 24.6. The highest BCUT2D eigenvalue weighted by atomic mass is 16.6. The summed E-state index contributed by atoms with van der Waals surface area (Å²) in [7, 11) is 0. The van der Waals surface area contributed by atoms with Gasteiger partial charge in [-0.3, -0.25) is 29.8 Å². The van der Waals surface area contributed by atoms with E-state index in [4.69, 9.17) is 9.47 Å². The molecule has 0 spiro atoms. The van der Waals surface area contributed by atoms with E-state index in [-0.39, 0.29) is 24.4 Å². The number of piperidine rings is 1. The minimum absolute atomic E-state index is 0.0328. The molecule has 1 unspecified atom stereocenters. The van der Waals surface area contributed by atoms with Crippen LogP contribution >= 0.6 is 0 Å². The number of nitrogens with zero attached hydrogens (tertiary/aromatic N) is 4. The Morgan fingerprint density at radius 2 is 1.77 bits per heavy atom. The smallest absolute Gasteiger partial charge is 0.280 e. The van der Waals surface area contributed by atoms with Gasteiger partial charge >= 0.3 is 0 Å². The van der Waals surface area contributed by atoms with Crippen molar-refractivity contribution in [1.82, 2.24) is 20.3 Å². The second-order valence-corrected chi connectivity index (χ2v) is 9.06. The summed E-state index contributed by atoms with van der Waals surface area (Å²) in [6, 6.07) is 10.4. The van der Waals surface area contributed by atoms with Gasteiger partial charge in [-0.05, 0) is 56.4 Å². The minimum atomic E-state index is -0.869. The highest BCUT2D eigenvalue weighted by Gasteiger charge is 2.30. The van der Waals surface area contributed by atoms with E-state index in [2.05, 4.69) is 20.9 Å². The normalized spacial score (nSPS) is 15.2. The van der Waals surface area contributed by atoms with Gasteiger partial charge in [0.15, 0.2) is 0 Å². The molecule has 2 aromatic carbocycles. The van der Waals surface area contributed by atoms with Crippen molar-refractivity contribution in [2.75, 3.05) is 31.7 Å². The molecule has 0 saturated carbocycles. The van der Waals surface area contributed by atoms with E-state index in [0.717, 1.165) is 30.4 Å². The zero-order chi connectivity index (χ0) is 27.6. The Hall–Kier alpha value is -4.39. The molecule has 2 N–H and O–H groups in total. The van der Waals surface area contributed by atoms with Crippen LogP contribution in [-0.4, -0.2) is 58.1 Å². The minimum Gasteiger partial charge on any atom is -0.494 e. The number of hydrogen-bond acceptors (Lipinski definition) is 10. The Balaban J connectivity index is 1.15. The molecule has 3 aromatic rings. The lowest BCUT2D eigenvalue weighted by atomic mass is 10.1. The van der Waals surface area contributed by atoms with Crippen LogP contribution in [0.15, 0.2) is 47.3 Å². The fraction of sp³-hybridized carbons (Fsp3) is 0.423. The molecule has 13 heteroatoms. The van der Waals surface area contributed by atoms with Crippen molar-refractivity contribution in [3.63, 3.8) is 0 Å². The predicted octanol–water partition coefficient (Wildman–Crippen LogP) is 2.75. The fourth-order valence-electron chi connectivity index (χ4n) is 4.18. The van der Waals surface area contributed by atoms with Crippen LogP contribution in [0.25, 0.3) is 10.9 Å². The molecule has 1 saturated heterocycles. The molecular weight excluding hydrogens is 508 g/mol. The van der Waals surface area contributed by atoms with E-state index in [1.54, 1.807) is 30.3 Å². The van der Waals surface area contributed by atoms with Gasteiger partial charge in [0.2, 0.25) is 5.91 Å². The molecule has 2 amide bonds. The maximum atomic E-state index is 13.2. The number of hydrogen-bond donors (Lipinski definition) is 2. The molecule has 0 radical (unpaired) electrons. The molecule has 1 aromatic heterocycles. The number of nitro benzene ring substituents is 1. The first kappa shape index (κ1) is 27.6. The highest BCUT2D eigenvalue weighted by molar-refractivity contribution is 5.99. The van der Waals surface area contributed by atoms with Gasteiger partial charge in [-0.2, -0.15) is 4.68 Å². The summed E-state index contributed by atoms with van der Waals surface area (Å²) >= 11 is 0.